The summed E-state index contributed by atoms with van der Waals surface area (Å²) in [4.78, 5) is 38.2. The van der Waals surface area contributed by atoms with E-state index in [-0.39, 0.29) is 35.1 Å². The maximum Gasteiger partial charge on any atom is 0.274 e. The van der Waals surface area contributed by atoms with Crippen molar-refractivity contribution in [1.29, 1.82) is 0 Å². The molecule has 0 aromatic carbocycles. The second-order valence-corrected chi connectivity index (χ2v) is 9.13. The summed E-state index contributed by atoms with van der Waals surface area (Å²) in [6, 6.07) is -0.298. The van der Waals surface area contributed by atoms with Crippen LogP contribution in [-0.2, 0) is 14.6 Å². The number of carbonyl (C=O) groups is 2. The van der Waals surface area contributed by atoms with Crippen molar-refractivity contribution in [3.05, 3.63) is 18.1 Å². The number of amides is 2. The predicted molar refractivity (Wildman–Crippen MR) is 100 cm³/mol. The zero-order valence-electron chi connectivity index (χ0n) is 15.7. The molecule has 10 heteroatoms. The van der Waals surface area contributed by atoms with E-state index in [0.29, 0.717) is 45.0 Å². The Morgan fingerprint density at radius 2 is 1.89 bits per heavy atom. The summed E-state index contributed by atoms with van der Waals surface area (Å²) in [6.07, 6.45) is 3.48. The van der Waals surface area contributed by atoms with Gasteiger partial charge in [0.05, 0.1) is 23.9 Å². The summed E-state index contributed by atoms with van der Waals surface area (Å²) in [5, 5.41) is 0. The maximum absolute atomic E-state index is 12.8. The molecular weight excluding hydrogens is 370 g/mol. The van der Waals surface area contributed by atoms with Crippen LogP contribution >= 0.6 is 0 Å². The highest BCUT2D eigenvalue weighted by Crippen LogP contribution is 2.20. The molecule has 1 unspecified atom stereocenters. The minimum atomic E-state index is -3.06. The van der Waals surface area contributed by atoms with Crippen LogP contribution in [0, 0.1) is 0 Å². The van der Waals surface area contributed by atoms with Crippen molar-refractivity contribution in [1.82, 2.24) is 19.8 Å². The van der Waals surface area contributed by atoms with Gasteiger partial charge in [-0.3, -0.25) is 9.59 Å². The highest BCUT2D eigenvalue weighted by Gasteiger charge is 2.34. The van der Waals surface area contributed by atoms with E-state index in [9.17, 15) is 18.0 Å². The molecule has 3 heterocycles. The quantitative estimate of drug-likeness (QED) is 0.695. The van der Waals surface area contributed by atoms with Gasteiger partial charge >= 0.3 is 0 Å². The van der Waals surface area contributed by atoms with Crippen LogP contribution in [0.25, 0.3) is 0 Å². The first-order chi connectivity index (χ1) is 12.8. The highest BCUT2D eigenvalue weighted by molar-refractivity contribution is 7.91. The third kappa shape index (κ3) is 4.37. The fraction of sp³-hybridized carbons (Fsp3) is 0.647. The molecule has 9 nitrogen and oxygen atoms in total. The second-order valence-electron chi connectivity index (χ2n) is 6.90. The number of hydrogen-bond acceptors (Lipinski definition) is 7. The van der Waals surface area contributed by atoms with Gasteiger partial charge in [0, 0.05) is 45.7 Å². The number of piperazine rings is 1. The van der Waals surface area contributed by atoms with Crippen molar-refractivity contribution < 1.29 is 18.0 Å². The number of anilines is 1. The third-order valence-electron chi connectivity index (χ3n) is 5.16. The Labute approximate surface area is 159 Å². The van der Waals surface area contributed by atoms with Gasteiger partial charge in [0.1, 0.15) is 11.5 Å². The van der Waals surface area contributed by atoms with Gasteiger partial charge in [-0.2, -0.15) is 0 Å². The van der Waals surface area contributed by atoms with E-state index in [0.717, 1.165) is 0 Å². The molecule has 0 radical (unpaired) electrons. The molecule has 3 rings (SSSR count). The molecule has 2 aliphatic rings. The number of hydrogen-bond donors (Lipinski definition) is 0. The van der Waals surface area contributed by atoms with Crippen molar-refractivity contribution in [2.75, 3.05) is 49.1 Å². The number of sulfone groups is 1. The second kappa shape index (κ2) is 7.79. The lowest BCUT2D eigenvalue weighted by molar-refractivity contribution is -0.129. The van der Waals surface area contributed by atoms with E-state index in [4.69, 9.17) is 0 Å². The number of carbonyl (C=O) groups excluding carboxylic acids is 2. The predicted octanol–water partition coefficient (Wildman–Crippen LogP) is -0.206. The van der Waals surface area contributed by atoms with Crippen LogP contribution in [0.1, 0.15) is 30.8 Å². The molecule has 0 aliphatic carbocycles. The number of nitrogens with zero attached hydrogens (tertiary/aromatic N) is 5. The normalized spacial score (nSPS) is 21.9. The van der Waals surface area contributed by atoms with Gasteiger partial charge in [-0.25, -0.2) is 18.4 Å². The zero-order chi connectivity index (χ0) is 19.6. The van der Waals surface area contributed by atoms with Gasteiger partial charge in [-0.1, -0.05) is 0 Å². The van der Waals surface area contributed by atoms with Crippen molar-refractivity contribution in [3.8, 4) is 0 Å². The SMILES string of the molecule is CCN(C(=O)c1cnc(N2CCN(C(C)=O)CC2)cn1)C1CCS(=O)(=O)C1. The molecule has 2 aliphatic heterocycles. The Kier molecular flexibility index (Phi) is 5.64. The molecule has 0 bridgehead atoms. The van der Waals surface area contributed by atoms with Crippen molar-refractivity contribution in [2.24, 2.45) is 0 Å². The Morgan fingerprint density at radius 3 is 2.37 bits per heavy atom. The summed E-state index contributed by atoms with van der Waals surface area (Å²) in [7, 11) is -3.06. The van der Waals surface area contributed by atoms with Crippen LogP contribution in [0.2, 0.25) is 0 Å². The van der Waals surface area contributed by atoms with Crippen LogP contribution in [0.15, 0.2) is 12.4 Å². The van der Waals surface area contributed by atoms with Crippen LogP contribution in [-0.4, -0.2) is 90.3 Å². The van der Waals surface area contributed by atoms with Crippen molar-refractivity contribution in [3.63, 3.8) is 0 Å². The summed E-state index contributed by atoms with van der Waals surface area (Å²) >= 11 is 0. The number of rotatable bonds is 4. The van der Waals surface area contributed by atoms with E-state index in [2.05, 4.69) is 9.97 Å². The first-order valence-corrected chi connectivity index (χ1v) is 11.0. The smallest absolute Gasteiger partial charge is 0.274 e. The maximum atomic E-state index is 12.8. The molecule has 1 aromatic rings. The lowest BCUT2D eigenvalue weighted by Crippen LogP contribution is -2.48. The van der Waals surface area contributed by atoms with Crippen molar-refractivity contribution >= 4 is 27.5 Å². The van der Waals surface area contributed by atoms with E-state index >= 15 is 0 Å². The molecular formula is C17H25N5O4S. The Morgan fingerprint density at radius 1 is 1.19 bits per heavy atom. The minimum absolute atomic E-state index is 0.0124. The standard InChI is InChI=1S/C17H25N5O4S/c1-3-22(14-4-9-27(25,26)12-14)17(24)15-10-19-16(11-18-15)21-7-5-20(6-8-21)13(2)23/h10-11,14H,3-9,12H2,1-2H3. The Bertz CT molecular complexity index is 803. The van der Waals surface area contributed by atoms with E-state index in [1.165, 1.54) is 6.20 Å². The summed E-state index contributed by atoms with van der Waals surface area (Å²) < 4.78 is 23.4. The van der Waals surface area contributed by atoms with E-state index in [1.807, 2.05) is 11.8 Å². The van der Waals surface area contributed by atoms with Crippen LogP contribution in [0.3, 0.4) is 0 Å². The Hall–Kier alpha value is -2.23. The van der Waals surface area contributed by atoms with Gasteiger partial charge in [-0.15, -0.1) is 0 Å². The highest BCUT2D eigenvalue weighted by atomic mass is 32.2. The molecule has 27 heavy (non-hydrogen) atoms. The van der Waals surface area contributed by atoms with Crippen LogP contribution < -0.4 is 4.90 Å². The van der Waals surface area contributed by atoms with Crippen LogP contribution in [0.5, 0.6) is 0 Å². The summed E-state index contributed by atoms with van der Waals surface area (Å²) in [6.45, 7) is 6.43. The molecule has 2 saturated heterocycles. The molecule has 1 atom stereocenters. The van der Waals surface area contributed by atoms with Crippen molar-refractivity contribution in [2.45, 2.75) is 26.3 Å². The summed E-state index contributed by atoms with van der Waals surface area (Å²) in [5.74, 6) is 0.577. The topological polar surface area (TPSA) is 104 Å². The monoisotopic (exact) mass is 395 g/mol. The zero-order valence-corrected chi connectivity index (χ0v) is 16.5. The molecule has 2 fully saturated rings. The average Bonchev–Trinajstić information content (AvgIpc) is 3.02. The number of aromatic nitrogens is 2. The molecule has 2 amide bonds. The summed E-state index contributed by atoms with van der Waals surface area (Å²) in [5.41, 5.74) is 0.215. The van der Waals surface area contributed by atoms with Gasteiger partial charge in [0.15, 0.2) is 9.84 Å². The lowest BCUT2D eigenvalue weighted by Gasteiger charge is -2.34. The van der Waals surface area contributed by atoms with Gasteiger partial charge in [-0.05, 0) is 13.3 Å². The third-order valence-corrected chi connectivity index (χ3v) is 6.91. The Balaban J connectivity index is 1.66. The van der Waals surface area contributed by atoms with Gasteiger partial charge in [0.2, 0.25) is 5.91 Å². The molecule has 1 aromatic heterocycles. The van der Waals surface area contributed by atoms with Gasteiger partial charge < -0.3 is 14.7 Å². The molecule has 0 saturated carbocycles. The first-order valence-electron chi connectivity index (χ1n) is 9.14. The van der Waals surface area contributed by atoms with Crippen LogP contribution in [0.4, 0.5) is 5.82 Å². The van der Waals surface area contributed by atoms with Gasteiger partial charge in [0.25, 0.3) is 5.91 Å². The first kappa shape index (κ1) is 19.5. The molecule has 148 valence electrons. The molecule has 0 spiro atoms. The molecule has 0 N–H and O–H groups in total. The minimum Gasteiger partial charge on any atom is -0.352 e. The fourth-order valence-electron chi connectivity index (χ4n) is 3.58. The van der Waals surface area contributed by atoms with E-state index < -0.39 is 9.84 Å². The lowest BCUT2D eigenvalue weighted by atomic mass is 10.2. The average molecular weight is 395 g/mol. The van der Waals surface area contributed by atoms with E-state index in [1.54, 1.807) is 22.9 Å². The fourth-order valence-corrected chi connectivity index (χ4v) is 5.31. The largest absolute Gasteiger partial charge is 0.352 e.